The van der Waals surface area contributed by atoms with Crippen molar-refractivity contribution in [1.29, 1.82) is 0 Å². The summed E-state index contributed by atoms with van der Waals surface area (Å²) in [5, 5.41) is 8.96. The molecular weight excluding hydrogens is 232 g/mol. The number of hydrogen-bond donors (Lipinski definition) is 1. The molecule has 0 atom stereocenters. The topological polar surface area (TPSA) is 63.6 Å². The number of carbonyl (C=O) groups is 2. The maximum Gasteiger partial charge on any atom is 0.312 e. The summed E-state index contributed by atoms with van der Waals surface area (Å²) < 4.78 is 5.54. The molecule has 1 aliphatic carbocycles. The minimum Gasteiger partial charge on any atom is -0.481 e. The molecule has 0 radical (unpaired) electrons. The van der Waals surface area contributed by atoms with E-state index in [0.717, 1.165) is 25.7 Å². The Morgan fingerprint density at radius 1 is 1.17 bits per heavy atom. The third kappa shape index (κ3) is 3.72. The molecule has 104 valence electrons. The van der Waals surface area contributed by atoms with E-state index in [-0.39, 0.29) is 18.5 Å². The zero-order valence-electron chi connectivity index (χ0n) is 11.4. The van der Waals surface area contributed by atoms with Gasteiger partial charge in [-0.25, -0.2) is 0 Å². The van der Waals surface area contributed by atoms with E-state index in [0.29, 0.717) is 12.8 Å². The Bertz CT molecular complexity index is 288. The molecule has 1 aliphatic rings. The smallest absolute Gasteiger partial charge is 0.312 e. The summed E-state index contributed by atoms with van der Waals surface area (Å²) in [6.45, 7) is 3.71. The van der Waals surface area contributed by atoms with Crippen molar-refractivity contribution in [2.45, 2.75) is 71.3 Å². The van der Waals surface area contributed by atoms with Gasteiger partial charge in [0.25, 0.3) is 0 Å². The highest BCUT2D eigenvalue weighted by Crippen LogP contribution is 2.34. The molecule has 0 aromatic rings. The molecule has 0 saturated heterocycles. The predicted molar refractivity (Wildman–Crippen MR) is 68.2 cm³/mol. The van der Waals surface area contributed by atoms with E-state index < -0.39 is 11.4 Å². The molecule has 0 aromatic carbocycles. The largest absolute Gasteiger partial charge is 0.481 e. The lowest BCUT2D eigenvalue weighted by atomic mass is 9.79. The third-order valence-electron chi connectivity index (χ3n) is 4.10. The lowest BCUT2D eigenvalue weighted by Gasteiger charge is -2.31. The molecule has 1 fully saturated rings. The quantitative estimate of drug-likeness (QED) is 0.741. The molecule has 18 heavy (non-hydrogen) atoms. The lowest BCUT2D eigenvalue weighted by Crippen LogP contribution is -2.37. The van der Waals surface area contributed by atoms with Gasteiger partial charge in [-0.3, -0.25) is 9.59 Å². The van der Waals surface area contributed by atoms with Crippen LogP contribution in [0.25, 0.3) is 0 Å². The zero-order valence-corrected chi connectivity index (χ0v) is 11.4. The van der Waals surface area contributed by atoms with Crippen molar-refractivity contribution in [3.63, 3.8) is 0 Å². The summed E-state index contributed by atoms with van der Waals surface area (Å²) >= 11 is 0. The first-order valence-electron chi connectivity index (χ1n) is 6.97. The number of esters is 1. The third-order valence-corrected chi connectivity index (χ3v) is 4.10. The number of carboxylic acids is 1. The van der Waals surface area contributed by atoms with Crippen molar-refractivity contribution in [2.24, 2.45) is 5.41 Å². The minimum atomic E-state index is -0.931. The normalized spacial score (nSPS) is 17.4. The predicted octanol–water partition coefficient (Wildman–Crippen LogP) is 3.14. The molecule has 0 aliphatic heterocycles. The molecule has 0 unspecified atom stereocenters. The summed E-state index contributed by atoms with van der Waals surface area (Å²) in [4.78, 5) is 23.2. The standard InChI is InChI=1S/C14H24O4/c1-3-14(4-2,10-12(15)16)13(17)18-11-8-6-5-7-9-11/h11H,3-10H2,1-2H3,(H,15,16). The Hall–Kier alpha value is -1.06. The first-order chi connectivity index (χ1) is 8.54. The van der Waals surface area contributed by atoms with Gasteiger partial charge in [-0.1, -0.05) is 20.3 Å². The van der Waals surface area contributed by atoms with E-state index in [1.54, 1.807) is 0 Å². The van der Waals surface area contributed by atoms with Crippen LogP contribution in [0.1, 0.15) is 65.2 Å². The van der Waals surface area contributed by atoms with Gasteiger partial charge in [0.1, 0.15) is 6.10 Å². The Kier molecular flexibility index (Phi) is 5.63. The zero-order chi connectivity index (χ0) is 13.6. The van der Waals surface area contributed by atoms with E-state index in [4.69, 9.17) is 9.84 Å². The van der Waals surface area contributed by atoms with Gasteiger partial charge in [0.15, 0.2) is 0 Å². The van der Waals surface area contributed by atoms with Crippen LogP contribution in [-0.4, -0.2) is 23.1 Å². The van der Waals surface area contributed by atoms with Crippen molar-refractivity contribution in [3.8, 4) is 0 Å². The van der Waals surface area contributed by atoms with Crippen LogP contribution in [0, 0.1) is 5.41 Å². The van der Waals surface area contributed by atoms with E-state index >= 15 is 0 Å². The van der Waals surface area contributed by atoms with Crippen LogP contribution in [-0.2, 0) is 14.3 Å². The number of hydrogen-bond acceptors (Lipinski definition) is 3. The Morgan fingerprint density at radius 3 is 2.17 bits per heavy atom. The maximum atomic E-state index is 12.2. The molecule has 1 N–H and O–H groups in total. The molecule has 1 saturated carbocycles. The monoisotopic (exact) mass is 256 g/mol. The molecule has 4 heteroatoms. The van der Waals surface area contributed by atoms with Crippen molar-refractivity contribution in [1.82, 2.24) is 0 Å². The van der Waals surface area contributed by atoms with Gasteiger partial charge >= 0.3 is 11.9 Å². The first kappa shape index (κ1) is 15.0. The van der Waals surface area contributed by atoms with Crippen LogP contribution in [0.5, 0.6) is 0 Å². The van der Waals surface area contributed by atoms with Gasteiger partial charge in [0.2, 0.25) is 0 Å². The van der Waals surface area contributed by atoms with E-state index in [1.807, 2.05) is 13.8 Å². The maximum absolute atomic E-state index is 12.2. The molecule has 0 bridgehead atoms. The Morgan fingerprint density at radius 2 is 1.72 bits per heavy atom. The van der Waals surface area contributed by atoms with E-state index in [9.17, 15) is 9.59 Å². The minimum absolute atomic E-state index is 0.00230. The molecule has 0 aromatic heterocycles. The second-order valence-electron chi connectivity index (χ2n) is 5.22. The fourth-order valence-electron chi connectivity index (χ4n) is 2.61. The molecule has 4 nitrogen and oxygen atoms in total. The van der Waals surface area contributed by atoms with Crippen LogP contribution in [0.3, 0.4) is 0 Å². The van der Waals surface area contributed by atoms with Crippen molar-refractivity contribution in [2.75, 3.05) is 0 Å². The molecular formula is C14H24O4. The summed E-state index contributed by atoms with van der Waals surface area (Å²) in [5.74, 6) is -1.25. The molecule has 0 spiro atoms. The van der Waals surface area contributed by atoms with Gasteiger partial charge in [-0.2, -0.15) is 0 Å². The van der Waals surface area contributed by atoms with Gasteiger partial charge in [0.05, 0.1) is 11.8 Å². The van der Waals surface area contributed by atoms with Crippen LogP contribution in [0.15, 0.2) is 0 Å². The Balaban J connectivity index is 2.66. The van der Waals surface area contributed by atoms with Gasteiger partial charge in [-0.15, -0.1) is 0 Å². The second-order valence-corrected chi connectivity index (χ2v) is 5.22. The SMILES string of the molecule is CCC(CC)(CC(=O)O)C(=O)OC1CCCCC1. The fraction of sp³-hybridized carbons (Fsp3) is 0.857. The molecule has 0 heterocycles. The number of rotatable bonds is 6. The first-order valence-corrected chi connectivity index (χ1v) is 6.97. The van der Waals surface area contributed by atoms with Gasteiger partial charge in [-0.05, 0) is 38.5 Å². The van der Waals surface area contributed by atoms with Crippen molar-refractivity contribution in [3.05, 3.63) is 0 Å². The number of ether oxygens (including phenoxy) is 1. The highest BCUT2D eigenvalue weighted by Gasteiger charge is 2.40. The number of carboxylic acid groups (broad SMARTS) is 1. The number of aliphatic carboxylic acids is 1. The molecule has 1 rings (SSSR count). The number of carbonyl (C=O) groups excluding carboxylic acids is 1. The highest BCUT2D eigenvalue weighted by atomic mass is 16.5. The van der Waals surface area contributed by atoms with E-state index in [2.05, 4.69) is 0 Å². The van der Waals surface area contributed by atoms with Crippen LogP contribution >= 0.6 is 0 Å². The summed E-state index contributed by atoms with van der Waals surface area (Å²) in [7, 11) is 0. The van der Waals surface area contributed by atoms with E-state index in [1.165, 1.54) is 6.42 Å². The highest BCUT2D eigenvalue weighted by molar-refractivity contribution is 5.82. The fourth-order valence-corrected chi connectivity index (χ4v) is 2.61. The van der Waals surface area contributed by atoms with Crippen molar-refractivity contribution < 1.29 is 19.4 Å². The van der Waals surface area contributed by atoms with Crippen molar-refractivity contribution >= 4 is 11.9 Å². The average molecular weight is 256 g/mol. The average Bonchev–Trinajstić information content (AvgIpc) is 2.36. The van der Waals surface area contributed by atoms with Crippen LogP contribution in [0.2, 0.25) is 0 Å². The van der Waals surface area contributed by atoms with Gasteiger partial charge in [0, 0.05) is 0 Å². The van der Waals surface area contributed by atoms with Crippen LogP contribution < -0.4 is 0 Å². The lowest BCUT2D eigenvalue weighted by molar-refractivity contribution is -0.168. The van der Waals surface area contributed by atoms with Gasteiger partial charge < -0.3 is 9.84 Å². The summed E-state index contributed by atoms with van der Waals surface area (Å²) in [6, 6.07) is 0. The molecule has 0 amide bonds. The van der Waals surface area contributed by atoms with Crippen LogP contribution in [0.4, 0.5) is 0 Å². The Labute approximate surface area is 109 Å². The second kappa shape index (κ2) is 6.76. The summed E-state index contributed by atoms with van der Waals surface area (Å²) in [5.41, 5.74) is -0.844. The summed E-state index contributed by atoms with van der Waals surface area (Å²) in [6.07, 6.45) is 6.14.